The second-order valence-corrected chi connectivity index (χ2v) is 5.22. The van der Waals surface area contributed by atoms with Crippen molar-refractivity contribution in [2.45, 2.75) is 19.8 Å². The lowest BCUT2D eigenvalue weighted by Gasteiger charge is -2.12. The number of pyridine rings is 2. The molecule has 5 heteroatoms. The van der Waals surface area contributed by atoms with E-state index in [-0.39, 0.29) is 11.0 Å². The highest BCUT2D eigenvalue weighted by Crippen LogP contribution is 2.16. The van der Waals surface area contributed by atoms with E-state index in [1.165, 1.54) is 0 Å². The van der Waals surface area contributed by atoms with Gasteiger partial charge in [-0.2, -0.15) is 0 Å². The van der Waals surface area contributed by atoms with E-state index in [1.807, 2.05) is 25.2 Å². The fourth-order valence-corrected chi connectivity index (χ4v) is 2.57. The Morgan fingerprint density at radius 2 is 2.00 bits per heavy atom. The maximum Gasteiger partial charge on any atom is 0.261 e. The predicted molar refractivity (Wildman–Crippen MR) is 91.3 cm³/mol. The molecule has 1 amide bonds. The number of allylic oxidation sites excluding steroid dienone is 2. The molecule has 116 valence electrons. The molecule has 0 saturated carbocycles. The van der Waals surface area contributed by atoms with Crippen LogP contribution in [0.1, 0.15) is 40.7 Å². The van der Waals surface area contributed by atoms with Gasteiger partial charge in [-0.05, 0) is 31.1 Å². The zero-order chi connectivity index (χ0) is 16.2. The summed E-state index contributed by atoms with van der Waals surface area (Å²) in [6.45, 7) is 1.91. The second kappa shape index (κ2) is 6.44. The Hall–Kier alpha value is -2.95. The van der Waals surface area contributed by atoms with Crippen molar-refractivity contribution in [2.75, 3.05) is 5.32 Å². The number of anilines is 1. The maximum absolute atomic E-state index is 12.8. The summed E-state index contributed by atoms with van der Waals surface area (Å²) in [5, 5.41) is 2.76. The molecule has 0 saturated heterocycles. The van der Waals surface area contributed by atoms with Gasteiger partial charge in [-0.25, -0.2) is 0 Å². The minimum absolute atomic E-state index is 0.169. The van der Waals surface area contributed by atoms with Crippen molar-refractivity contribution in [3.63, 3.8) is 0 Å². The van der Waals surface area contributed by atoms with Crippen LogP contribution in [-0.2, 0) is 6.42 Å². The minimum atomic E-state index is -0.404. The molecule has 1 aliphatic rings. The summed E-state index contributed by atoms with van der Waals surface area (Å²) in [6.07, 6.45) is 12.1. The Kier molecular flexibility index (Phi) is 4.19. The number of aromatic nitrogens is 2. The van der Waals surface area contributed by atoms with E-state index in [9.17, 15) is 9.59 Å². The number of carbonyl (C=O) groups excluding carboxylic acids is 1. The largest absolute Gasteiger partial charge is 0.358 e. The highest BCUT2D eigenvalue weighted by Gasteiger charge is 2.20. The number of rotatable bonds is 3. The van der Waals surface area contributed by atoms with Crippen LogP contribution in [-0.4, -0.2) is 15.9 Å². The number of hydrogen-bond acceptors (Lipinski definition) is 3. The van der Waals surface area contributed by atoms with Crippen molar-refractivity contribution in [3.05, 3.63) is 69.4 Å². The van der Waals surface area contributed by atoms with Crippen LogP contribution in [0.25, 0.3) is 12.2 Å². The van der Waals surface area contributed by atoms with Gasteiger partial charge in [0.1, 0.15) is 5.56 Å². The average molecular weight is 307 g/mol. The van der Waals surface area contributed by atoms with Crippen molar-refractivity contribution in [1.82, 2.24) is 9.97 Å². The van der Waals surface area contributed by atoms with E-state index < -0.39 is 5.91 Å². The number of aromatic amines is 1. The third-order valence-corrected chi connectivity index (χ3v) is 3.71. The molecule has 0 aromatic carbocycles. The highest BCUT2D eigenvalue weighted by atomic mass is 16.2. The Labute approximate surface area is 133 Å². The molecule has 2 heterocycles. The fourth-order valence-electron chi connectivity index (χ4n) is 2.57. The number of hydrogen-bond donors (Lipinski definition) is 2. The summed E-state index contributed by atoms with van der Waals surface area (Å²) in [5.74, 6) is -0.404. The van der Waals surface area contributed by atoms with Crippen LogP contribution in [0.4, 0.5) is 5.69 Å². The zero-order valence-electron chi connectivity index (χ0n) is 12.8. The number of nitrogens with one attached hydrogen (secondary N) is 2. The van der Waals surface area contributed by atoms with Crippen LogP contribution in [0.3, 0.4) is 0 Å². The van der Waals surface area contributed by atoms with Gasteiger partial charge in [-0.3, -0.25) is 14.6 Å². The van der Waals surface area contributed by atoms with Gasteiger partial charge in [0.05, 0.1) is 0 Å². The van der Waals surface area contributed by atoms with Crippen LogP contribution in [0, 0.1) is 0 Å². The smallest absolute Gasteiger partial charge is 0.261 e. The van der Waals surface area contributed by atoms with Gasteiger partial charge < -0.3 is 10.3 Å². The van der Waals surface area contributed by atoms with Crippen LogP contribution < -0.4 is 10.7 Å². The lowest BCUT2D eigenvalue weighted by molar-refractivity contribution is 0.102. The summed E-state index contributed by atoms with van der Waals surface area (Å²) in [5.41, 5.74) is 2.45. The van der Waals surface area contributed by atoms with E-state index >= 15 is 0 Å². The molecule has 5 nitrogen and oxygen atoms in total. The SMILES string of the molecule is CCc1[nH]c2c(c(=O)c1C(=O)Nc1ccncc1)C=CCC=C2. The summed E-state index contributed by atoms with van der Waals surface area (Å²) in [4.78, 5) is 32.5. The van der Waals surface area contributed by atoms with Crippen LogP contribution in [0.5, 0.6) is 0 Å². The van der Waals surface area contributed by atoms with E-state index in [1.54, 1.807) is 30.6 Å². The molecule has 0 atom stereocenters. The number of aryl methyl sites for hydroxylation is 1. The Bertz CT molecular complexity index is 849. The molecule has 0 radical (unpaired) electrons. The zero-order valence-corrected chi connectivity index (χ0v) is 12.8. The first-order chi connectivity index (χ1) is 11.2. The van der Waals surface area contributed by atoms with Gasteiger partial charge in [0, 0.05) is 35.0 Å². The van der Waals surface area contributed by atoms with Crippen molar-refractivity contribution < 1.29 is 4.79 Å². The van der Waals surface area contributed by atoms with Gasteiger partial charge in [-0.1, -0.05) is 25.2 Å². The molecule has 0 fully saturated rings. The monoisotopic (exact) mass is 307 g/mol. The average Bonchev–Trinajstić information content (AvgIpc) is 2.81. The van der Waals surface area contributed by atoms with E-state index in [2.05, 4.69) is 15.3 Å². The Morgan fingerprint density at radius 1 is 1.26 bits per heavy atom. The Balaban J connectivity index is 2.08. The molecule has 2 aromatic heterocycles. The fraction of sp³-hybridized carbons (Fsp3) is 0.167. The third kappa shape index (κ3) is 2.99. The van der Waals surface area contributed by atoms with Crippen LogP contribution >= 0.6 is 0 Å². The number of fused-ring (bicyclic) bond motifs is 1. The highest BCUT2D eigenvalue weighted by molar-refractivity contribution is 6.05. The molecule has 2 N–H and O–H groups in total. The summed E-state index contributed by atoms with van der Waals surface area (Å²) in [7, 11) is 0. The normalized spacial score (nSPS) is 12.6. The van der Waals surface area contributed by atoms with E-state index in [0.717, 1.165) is 12.1 Å². The minimum Gasteiger partial charge on any atom is -0.358 e. The molecular formula is C18H17N3O2. The van der Waals surface area contributed by atoms with Crippen LogP contribution in [0.2, 0.25) is 0 Å². The first kappa shape index (κ1) is 15.0. The number of carbonyl (C=O) groups is 1. The summed E-state index contributed by atoms with van der Waals surface area (Å²) < 4.78 is 0. The first-order valence-corrected chi connectivity index (χ1v) is 7.54. The molecule has 0 aliphatic heterocycles. The number of H-pyrrole nitrogens is 1. The standard InChI is InChI=1S/C18H17N3O2/c1-2-14-16(18(23)20-12-8-10-19-11-9-12)17(22)13-6-4-3-5-7-15(13)21-14/h4-11H,2-3H2,1H3,(H,21,22)(H,19,20,23). The molecule has 3 rings (SSSR count). The predicted octanol–water partition coefficient (Wildman–Crippen LogP) is 3.01. The second-order valence-electron chi connectivity index (χ2n) is 5.22. The summed E-state index contributed by atoms with van der Waals surface area (Å²) >= 11 is 0. The van der Waals surface area contributed by atoms with E-state index in [4.69, 9.17) is 0 Å². The van der Waals surface area contributed by atoms with Gasteiger partial charge in [0.25, 0.3) is 5.91 Å². The molecule has 0 spiro atoms. The molecular weight excluding hydrogens is 290 g/mol. The molecule has 1 aliphatic carbocycles. The van der Waals surface area contributed by atoms with Gasteiger partial charge in [-0.15, -0.1) is 0 Å². The molecule has 0 unspecified atom stereocenters. The third-order valence-electron chi connectivity index (χ3n) is 3.71. The van der Waals surface area contributed by atoms with Crippen LogP contribution in [0.15, 0.2) is 41.5 Å². The van der Waals surface area contributed by atoms with Crippen molar-refractivity contribution in [2.24, 2.45) is 0 Å². The molecule has 2 aromatic rings. The quantitative estimate of drug-likeness (QED) is 0.915. The lowest BCUT2D eigenvalue weighted by Crippen LogP contribution is -2.27. The Morgan fingerprint density at radius 3 is 2.74 bits per heavy atom. The first-order valence-electron chi connectivity index (χ1n) is 7.54. The van der Waals surface area contributed by atoms with Crippen molar-refractivity contribution >= 4 is 23.7 Å². The summed E-state index contributed by atoms with van der Waals surface area (Å²) in [6, 6.07) is 3.37. The van der Waals surface area contributed by atoms with Crippen molar-refractivity contribution in [1.29, 1.82) is 0 Å². The molecule has 0 bridgehead atoms. The number of nitrogens with zero attached hydrogens (tertiary/aromatic N) is 1. The molecule has 23 heavy (non-hydrogen) atoms. The van der Waals surface area contributed by atoms with Gasteiger partial charge in [0.15, 0.2) is 0 Å². The van der Waals surface area contributed by atoms with E-state index in [0.29, 0.717) is 23.4 Å². The topological polar surface area (TPSA) is 74.8 Å². The van der Waals surface area contributed by atoms with Gasteiger partial charge >= 0.3 is 0 Å². The van der Waals surface area contributed by atoms with Crippen molar-refractivity contribution in [3.8, 4) is 0 Å². The maximum atomic E-state index is 12.8. The lowest BCUT2D eigenvalue weighted by atomic mass is 10.0. The van der Waals surface area contributed by atoms with Gasteiger partial charge in [0.2, 0.25) is 5.43 Å². The number of amides is 1.